The van der Waals surface area contributed by atoms with Crippen LogP contribution in [0.4, 0.5) is 0 Å². The second-order valence-electron chi connectivity index (χ2n) is 7.16. The first-order valence-corrected chi connectivity index (χ1v) is 10.5. The minimum atomic E-state index is -1.59. The van der Waals surface area contributed by atoms with Crippen LogP contribution in [0.5, 0.6) is 11.5 Å². The standard InChI is InChI=1S/C22H26O6S/c1-3-28-15-6-4-13(5-7-15)9-14-10-16(17(24)8-12(14)2)22-21(27)20(26)19(25)18(11-23)29-22/h4-8,10,18,20-24,26-27H,3,9,11H2,1-2H3/t18-,20+,21-,22+/m1/s1. The minimum absolute atomic E-state index is 0.00673. The Balaban J connectivity index is 1.90. The van der Waals surface area contributed by atoms with E-state index in [1.807, 2.05) is 38.1 Å². The van der Waals surface area contributed by atoms with Crippen molar-refractivity contribution in [1.29, 1.82) is 0 Å². The van der Waals surface area contributed by atoms with Crippen molar-refractivity contribution in [3.8, 4) is 11.5 Å². The predicted molar refractivity (Wildman–Crippen MR) is 111 cm³/mol. The molecular formula is C22H26O6S. The summed E-state index contributed by atoms with van der Waals surface area (Å²) in [5.74, 6) is 0.199. The number of phenols is 1. The molecule has 7 heteroatoms. The summed E-state index contributed by atoms with van der Waals surface area (Å²) in [6, 6.07) is 11.2. The van der Waals surface area contributed by atoms with Crippen LogP contribution >= 0.6 is 11.8 Å². The lowest BCUT2D eigenvalue weighted by atomic mass is 9.92. The van der Waals surface area contributed by atoms with Gasteiger partial charge in [0.2, 0.25) is 0 Å². The molecule has 1 fully saturated rings. The molecule has 6 nitrogen and oxygen atoms in total. The van der Waals surface area contributed by atoms with E-state index in [0.29, 0.717) is 18.6 Å². The average molecular weight is 419 g/mol. The molecule has 0 saturated carbocycles. The Hall–Kier alpha value is -2.06. The fraction of sp³-hybridized carbons (Fsp3) is 0.409. The van der Waals surface area contributed by atoms with Crippen LogP contribution in [0.25, 0.3) is 0 Å². The fourth-order valence-corrected chi connectivity index (χ4v) is 4.86. The van der Waals surface area contributed by atoms with Gasteiger partial charge in [0.25, 0.3) is 0 Å². The van der Waals surface area contributed by atoms with Gasteiger partial charge in [0.05, 0.1) is 23.7 Å². The molecule has 4 N–H and O–H groups in total. The smallest absolute Gasteiger partial charge is 0.179 e. The number of rotatable bonds is 6. The van der Waals surface area contributed by atoms with Crippen molar-refractivity contribution in [1.82, 2.24) is 0 Å². The Morgan fingerprint density at radius 2 is 1.83 bits per heavy atom. The summed E-state index contributed by atoms with van der Waals surface area (Å²) in [4.78, 5) is 12.0. The number of aliphatic hydroxyl groups excluding tert-OH is 3. The van der Waals surface area contributed by atoms with E-state index in [9.17, 15) is 25.2 Å². The van der Waals surface area contributed by atoms with Crippen molar-refractivity contribution in [2.45, 2.75) is 43.0 Å². The molecule has 2 aromatic rings. The maximum absolute atomic E-state index is 12.0. The molecule has 2 aromatic carbocycles. The Kier molecular flexibility index (Phi) is 6.85. The predicted octanol–water partition coefficient (Wildman–Crippen LogP) is 2.13. The Labute approximate surface area is 174 Å². The molecule has 1 saturated heterocycles. The minimum Gasteiger partial charge on any atom is -0.508 e. The molecule has 0 unspecified atom stereocenters. The van der Waals surface area contributed by atoms with Crippen molar-refractivity contribution >= 4 is 17.5 Å². The molecule has 0 bridgehead atoms. The van der Waals surface area contributed by atoms with E-state index in [4.69, 9.17) is 4.74 Å². The molecule has 156 valence electrons. The lowest BCUT2D eigenvalue weighted by molar-refractivity contribution is -0.134. The summed E-state index contributed by atoms with van der Waals surface area (Å²) in [5.41, 5.74) is 3.36. The zero-order valence-corrected chi connectivity index (χ0v) is 17.2. The SMILES string of the molecule is CCOc1ccc(Cc2cc([C@@H]3S[C@H](CO)C(=O)[C@H](O)[C@H]3O)c(O)cc2C)cc1. The van der Waals surface area contributed by atoms with Gasteiger partial charge in [-0.3, -0.25) is 4.79 Å². The van der Waals surface area contributed by atoms with Crippen LogP contribution < -0.4 is 4.74 Å². The summed E-state index contributed by atoms with van der Waals surface area (Å²) in [5, 5.41) is 38.9. The fourth-order valence-electron chi connectivity index (χ4n) is 3.50. The van der Waals surface area contributed by atoms with E-state index in [0.717, 1.165) is 34.2 Å². The van der Waals surface area contributed by atoms with Gasteiger partial charge in [-0.15, -0.1) is 11.8 Å². The largest absolute Gasteiger partial charge is 0.508 e. The number of thioether (sulfide) groups is 1. The summed E-state index contributed by atoms with van der Waals surface area (Å²) >= 11 is 1.06. The highest BCUT2D eigenvalue weighted by molar-refractivity contribution is 8.01. The normalized spacial score (nSPS) is 24.5. The van der Waals surface area contributed by atoms with Crippen molar-refractivity contribution in [3.63, 3.8) is 0 Å². The summed E-state index contributed by atoms with van der Waals surface area (Å²) < 4.78 is 5.46. The molecule has 1 aliphatic heterocycles. The highest BCUT2D eigenvalue weighted by Gasteiger charge is 2.44. The van der Waals surface area contributed by atoms with Crippen LogP contribution in [-0.4, -0.2) is 56.9 Å². The summed E-state index contributed by atoms with van der Waals surface area (Å²) in [7, 11) is 0. The third kappa shape index (κ3) is 4.59. The molecule has 0 radical (unpaired) electrons. The molecule has 0 aromatic heterocycles. The quantitative estimate of drug-likeness (QED) is 0.569. The van der Waals surface area contributed by atoms with Gasteiger partial charge in [0.1, 0.15) is 23.7 Å². The third-order valence-electron chi connectivity index (χ3n) is 5.14. The lowest BCUT2D eigenvalue weighted by Gasteiger charge is -2.35. The van der Waals surface area contributed by atoms with Crippen LogP contribution in [0.2, 0.25) is 0 Å². The van der Waals surface area contributed by atoms with Crippen molar-refractivity contribution < 1.29 is 30.0 Å². The molecule has 4 atom stereocenters. The van der Waals surface area contributed by atoms with Gasteiger partial charge < -0.3 is 25.2 Å². The summed E-state index contributed by atoms with van der Waals surface area (Å²) in [6.07, 6.45) is -2.33. The second-order valence-corrected chi connectivity index (χ2v) is 8.51. The highest BCUT2D eigenvalue weighted by Crippen LogP contribution is 2.45. The first-order chi connectivity index (χ1) is 13.8. The van der Waals surface area contributed by atoms with Crippen LogP contribution in [-0.2, 0) is 11.2 Å². The van der Waals surface area contributed by atoms with Gasteiger partial charge in [0.15, 0.2) is 5.78 Å². The van der Waals surface area contributed by atoms with E-state index in [1.54, 1.807) is 12.1 Å². The van der Waals surface area contributed by atoms with Gasteiger partial charge in [0, 0.05) is 5.56 Å². The molecular weight excluding hydrogens is 392 g/mol. The van der Waals surface area contributed by atoms with Crippen molar-refractivity contribution in [2.24, 2.45) is 0 Å². The Bertz CT molecular complexity index is 862. The number of Topliss-reactive ketones (excluding diaryl/α,β-unsaturated/α-hetero) is 1. The van der Waals surface area contributed by atoms with E-state index in [-0.39, 0.29) is 5.75 Å². The molecule has 29 heavy (non-hydrogen) atoms. The molecule has 0 spiro atoms. The highest BCUT2D eigenvalue weighted by atomic mass is 32.2. The topological polar surface area (TPSA) is 107 Å². The lowest BCUT2D eigenvalue weighted by Crippen LogP contribution is -2.48. The van der Waals surface area contributed by atoms with Gasteiger partial charge in [-0.1, -0.05) is 18.2 Å². The number of carbonyl (C=O) groups is 1. The number of hydrogen-bond acceptors (Lipinski definition) is 7. The Morgan fingerprint density at radius 3 is 2.45 bits per heavy atom. The second kappa shape index (κ2) is 9.17. The van der Waals surface area contributed by atoms with Crippen molar-refractivity contribution in [3.05, 3.63) is 58.7 Å². The number of carbonyl (C=O) groups excluding carboxylic acids is 1. The number of aliphatic hydroxyl groups is 3. The van der Waals surface area contributed by atoms with Crippen LogP contribution in [0.15, 0.2) is 36.4 Å². The van der Waals surface area contributed by atoms with E-state index >= 15 is 0 Å². The Morgan fingerprint density at radius 1 is 1.14 bits per heavy atom. The monoisotopic (exact) mass is 418 g/mol. The first-order valence-electron chi connectivity index (χ1n) is 9.56. The van der Waals surface area contributed by atoms with Crippen LogP contribution in [0, 0.1) is 6.92 Å². The molecule has 0 aliphatic carbocycles. The van der Waals surface area contributed by atoms with E-state index in [2.05, 4.69) is 0 Å². The first kappa shape index (κ1) is 21.6. The van der Waals surface area contributed by atoms with E-state index < -0.39 is 35.1 Å². The molecule has 1 heterocycles. The van der Waals surface area contributed by atoms with Gasteiger partial charge in [-0.05, 0) is 55.2 Å². The van der Waals surface area contributed by atoms with Gasteiger partial charge >= 0.3 is 0 Å². The number of benzene rings is 2. The van der Waals surface area contributed by atoms with Crippen molar-refractivity contribution in [2.75, 3.05) is 13.2 Å². The number of ether oxygens (including phenoxy) is 1. The maximum atomic E-state index is 12.0. The van der Waals surface area contributed by atoms with Gasteiger partial charge in [-0.25, -0.2) is 0 Å². The zero-order valence-electron chi connectivity index (χ0n) is 16.4. The number of aryl methyl sites for hydroxylation is 1. The third-order valence-corrected chi connectivity index (χ3v) is 6.68. The van der Waals surface area contributed by atoms with Gasteiger partial charge in [-0.2, -0.15) is 0 Å². The number of hydrogen-bond donors (Lipinski definition) is 4. The maximum Gasteiger partial charge on any atom is 0.179 e. The summed E-state index contributed by atoms with van der Waals surface area (Å²) in [6.45, 7) is 3.99. The van der Waals surface area contributed by atoms with E-state index in [1.165, 1.54) is 0 Å². The molecule has 0 amide bonds. The number of aromatic hydroxyl groups is 1. The number of ketones is 1. The number of phenolic OH excluding ortho intramolecular Hbond substituents is 1. The average Bonchev–Trinajstić information content (AvgIpc) is 2.70. The molecule has 3 rings (SSSR count). The zero-order chi connectivity index (χ0) is 21.1. The molecule has 1 aliphatic rings. The van der Waals surface area contributed by atoms with Crippen LogP contribution in [0.1, 0.15) is 34.4 Å². The van der Waals surface area contributed by atoms with Crippen LogP contribution in [0.3, 0.4) is 0 Å².